The number of carbonyl (C=O) groups excluding carboxylic acids is 1. The van der Waals surface area contributed by atoms with Crippen LogP contribution in [0.4, 0.5) is 24.9 Å². The first-order valence-corrected chi connectivity index (χ1v) is 13.4. The van der Waals surface area contributed by atoms with Crippen LogP contribution in [0.2, 0.25) is 0 Å². The SMILES string of the molecule is C[C@]1(N[C@@H]2CCCC[C@H]2Nc2ncc(-c3cccc(C(N)=O)c3)o2)CCCN(c2ccc(C(F)(F)F)cc2)C1. The molecular weight excluding hydrogens is 507 g/mol. The topological polar surface area (TPSA) is 96.4 Å². The molecule has 0 radical (unpaired) electrons. The zero-order valence-corrected chi connectivity index (χ0v) is 21.9. The molecule has 39 heavy (non-hydrogen) atoms. The molecule has 0 bridgehead atoms. The largest absolute Gasteiger partial charge is 0.424 e. The molecule has 1 aliphatic carbocycles. The van der Waals surface area contributed by atoms with Crippen LogP contribution >= 0.6 is 0 Å². The van der Waals surface area contributed by atoms with Crippen LogP contribution in [0.3, 0.4) is 0 Å². The average molecular weight is 542 g/mol. The van der Waals surface area contributed by atoms with Gasteiger partial charge in [-0.05, 0) is 69.0 Å². The number of piperidine rings is 1. The maximum absolute atomic E-state index is 13.0. The number of nitrogens with zero attached hydrogens (tertiary/aromatic N) is 2. The fraction of sp³-hybridized carbons (Fsp3) is 0.448. The Kier molecular flexibility index (Phi) is 7.57. The number of hydrogen-bond acceptors (Lipinski definition) is 6. The molecule has 10 heteroatoms. The Labute approximate surface area is 226 Å². The van der Waals surface area contributed by atoms with Gasteiger partial charge in [-0.15, -0.1) is 0 Å². The van der Waals surface area contributed by atoms with Crippen molar-refractivity contribution in [3.63, 3.8) is 0 Å². The average Bonchev–Trinajstić information content (AvgIpc) is 3.38. The number of anilines is 2. The third kappa shape index (κ3) is 6.38. The van der Waals surface area contributed by atoms with Gasteiger partial charge >= 0.3 is 6.18 Å². The predicted octanol–water partition coefficient (Wildman–Crippen LogP) is 5.83. The molecule has 5 rings (SSSR count). The van der Waals surface area contributed by atoms with E-state index in [2.05, 4.69) is 27.4 Å². The van der Waals surface area contributed by atoms with Crippen molar-refractivity contribution in [1.29, 1.82) is 0 Å². The van der Waals surface area contributed by atoms with Gasteiger partial charge in [-0.3, -0.25) is 4.79 Å². The summed E-state index contributed by atoms with van der Waals surface area (Å²) in [4.78, 5) is 18.1. The molecule has 1 saturated heterocycles. The van der Waals surface area contributed by atoms with Crippen molar-refractivity contribution in [2.45, 2.75) is 69.2 Å². The molecule has 2 heterocycles. The monoisotopic (exact) mass is 541 g/mol. The number of aromatic nitrogens is 1. The van der Waals surface area contributed by atoms with Gasteiger partial charge in [0.2, 0.25) is 5.91 Å². The highest BCUT2D eigenvalue weighted by Gasteiger charge is 2.37. The fourth-order valence-electron chi connectivity index (χ4n) is 5.82. The summed E-state index contributed by atoms with van der Waals surface area (Å²) in [5, 5.41) is 7.37. The third-order valence-electron chi connectivity index (χ3n) is 7.80. The van der Waals surface area contributed by atoms with E-state index in [-0.39, 0.29) is 17.6 Å². The van der Waals surface area contributed by atoms with Crippen molar-refractivity contribution in [2.24, 2.45) is 5.73 Å². The van der Waals surface area contributed by atoms with Crippen molar-refractivity contribution in [3.05, 3.63) is 65.9 Å². The molecule has 2 aromatic carbocycles. The van der Waals surface area contributed by atoms with Gasteiger partial charge < -0.3 is 25.7 Å². The Hall–Kier alpha value is -3.53. The quantitative estimate of drug-likeness (QED) is 0.348. The van der Waals surface area contributed by atoms with Gasteiger partial charge in [-0.2, -0.15) is 13.2 Å². The maximum atomic E-state index is 13.0. The zero-order valence-electron chi connectivity index (χ0n) is 21.9. The number of hydrogen-bond donors (Lipinski definition) is 3. The summed E-state index contributed by atoms with van der Waals surface area (Å²) >= 11 is 0. The fourth-order valence-corrected chi connectivity index (χ4v) is 5.82. The van der Waals surface area contributed by atoms with E-state index >= 15 is 0 Å². The van der Waals surface area contributed by atoms with E-state index in [4.69, 9.17) is 10.2 Å². The van der Waals surface area contributed by atoms with Crippen LogP contribution in [0.5, 0.6) is 0 Å². The van der Waals surface area contributed by atoms with E-state index < -0.39 is 17.6 Å². The summed E-state index contributed by atoms with van der Waals surface area (Å²) < 4.78 is 45.0. The second-order valence-corrected chi connectivity index (χ2v) is 10.9. The van der Waals surface area contributed by atoms with Crippen LogP contribution in [0.1, 0.15) is 61.4 Å². The van der Waals surface area contributed by atoms with E-state index in [9.17, 15) is 18.0 Å². The molecule has 0 unspecified atom stereocenters. The molecule has 4 N–H and O–H groups in total. The Morgan fingerprint density at radius 1 is 1.10 bits per heavy atom. The van der Waals surface area contributed by atoms with Crippen LogP contribution in [-0.4, -0.2) is 41.6 Å². The van der Waals surface area contributed by atoms with E-state index in [0.29, 0.717) is 23.9 Å². The van der Waals surface area contributed by atoms with E-state index in [1.807, 2.05) is 6.07 Å². The zero-order chi connectivity index (χ0) is 27.6. The normalized spacial score (nSPS) is 23.9. The van der Waals surface area contributed by atoms with Gasteiger partial charge in [0.1, 0.15) is 0 Å². The molecule has 7 nitrogen and oxygen atoms in total. The molecule has 2 fully saturated rings. The maximum Gasteiger partial charge on any atom is 0.416 e. The standard InChI is InChI=1S/C29H34F3N5O2/c1-28(14-5-15-37(18-28)22-12-10-21(11-13-22)29(30,31)32)36-24-9-3-2-8-23(24)35-27-34-17-25(39-27)19-6-4-7-20(16-19)26(33)38/h4,6-7,10-13,16-17,23-24,36H,2-3,5,8-9,14-15,18H2,1H3,(H2,33,38)(H,34,35)/t23-,24-,28+/m1/s1. The summed E-state index contributed by atoms with van der Waals surface area (Å²) in [7, 11) is 0. The molecule has 1 saturated carbocycles. The number of benzene rings is 2. The van der Waals surface area contributed by atoms with Crippen molar-refractivity contribution < 1.29 is 22.4 Å². The van der Waals surface area contributed by atoms with Gasteiger partial charge in [0.15, 0.2) is 5.76 Å². The molecule has 3 atom stereocenters. The lowest BCUT2D eigenvalue weighted by molar-refractivity contribution is -0.137. The third-order valence-corrected chi connectivity index (χ3v) is 7.80. The Morgan fingerprint density at radius 2 is 1.85 bits per heavy atom. The van der Waals surface area contributed by atoms with Crippen molar-refractivity contribution in [2.75, 3.05) is 23.3 Å². The molecule has 1 aromatic heterocycles. The number of rotatable bonds is 7. The van der Waals surface area contributed by atoms with E-state index in [0.717, 1.165) is 68.5 Å². The van der Waals surface area contributed by atoms with Gasteiger partial charge in [0, 0.05) is 47.5 Å². The first-order chi connectivity index (χ1) is 18.6. The number of amides is 1. The molecule has 2 aliphatic rings. The summed E-state index contributed by atoms with van der Waals surface area (Å²) in [6, 6.07) is 13.1. The van der Waals surface area contributed by atoms with Crippen molar-refractivity contribution in [1.82, 2.24) is 10.3 Å². The lowest BCUT2D eigenvalue weighted by atomic mass is 9.84. The number of primary amides is 1. The second-order valence-electron chi connectivity index (χ2n) is 10.9. The Bertz CT molecular complexity index is 1290. The van der Waals surface area contributed by atoms with Crippen LogP contribution < -0.4 is 21.3 Å². The molecule has 0 spiro atoms. The molecule has 208 valence electrons. The molecule has 1 amide bonds. The number of alkyl halides is 3. The van der Waals surface area contributed by atoms with Crippen LogP contribution in [-0.2, 0) is 6.18 Å². The van der Waals surface area contributed by atoms with Crippen LogP contribution in [0.25, 0.3) is 11.3 Å². The van der Waals surface area contributed by atoms with Crippen molar-refractivity contribution in [3.8, 4) is 11.3 Å². The van der Waals surface area contributed by atoms with Gasteiger partial charge in [-0.1, -0.05) is 25.0 Å². The number of halogens is 3. The van der Waals surface area contributed by atoms with E-state index in [1.54, 1.807) is 36.5 Å². The number of oxazole rings is 1. The minimum Gasteiger partial charge on any atom is -0.424 e. The van der Waals surface area contributed by atoms with Gasteiger partial charge in [-0.25, -0.2) is 4.98 Å². The second kappa shape index (κ2) is 10.9. The van der Waals surface area contributed by atoms with Crippen LogP contribution in [0.15, 0.2) is 59.1 Å². The molecular formula is C29H34F3N5O2. The summed E-state index contributed by atoms with van der Waals surface area (Å²) in [6.45, 7) is 3.72. The first kappa shape index (κ1) is 27.1. The summed E-state index contributed by atoms with van der Waals surface area (Å²) in [5.41, 5.74) is 6.52. The smallest absolute Gasteiger partial charge is 0.416 e. The minimum atomic E-state index is -4.34. The van der Waals surface area contributed by atoms with E-state index in [1.165, 1.54) is 0 Å². The highest BCUT2D eigenvalue weighted by molar-refractivity contribution is 5.93. The lowest BCUT2D eigenvalue weighted by Crippen LogP contribution is -2.61. The highest BCUT2D eigenvalue weighted by atomic mass is 19.4. The highest BCUT2D eigenvalue weighted by Crippen LogP contribution is 2.33. The Morgan fingerprint density at radius 3 is 2.56 bits per heavy atom. The molecule has 3 aromatic rings. The molecule has 1 aliphatic heterocycles. The summed E-state index contributed by atoms with van der Waals surface area (Å²) in [5.74, 6) is 0.0475. The predicted molar refractivity (Wildman–Crippen MR) is 145 cm³/mol. The van der Waals surface area contributed by atoms with Crippen LogP contribution in [0, 0.1) is 0 Å². The first-order valence-electron chi connectivity index (χ1n) is 13.4. The van der Waals surface area contributed by atoms with Crippen molar-refractivity contribution >= 4 is 17.6 Å². The number of nitrogens with two attached hydrogens (primary N) is 1. The van der Waals surface area contributed by atoms with Gasteiger partial charge in [0.25, 0.3) is 6.01 Å². The van der Waals surface area contributed by atoms with Gasteiger partial charge in [0.05, 0.1) is 11.8 Å². The Balaban J connectivity index is 1.25. The number of nitrogens with one attached hydrogen (secondary N) is 2. The summed E-state index contributed by atoms with van der Waals surface area (Å²) in [6.07, 6.45) is 3.40. The lowest BCUT2D eigenvalue weighted by Gasteiger charge is -2.46. The minimum absolute atomic E-state index is 0.112. The number of carbonyl (C=O) groups is 1.